The molecule has 0 unspecified atom stereocenters. The summed E-state index contributed by atoms with van der Waals surface area (Å²) in [7, 11) is 0. The van der Waals surface area contributed by atoms with Crippen LogP contribution in [-0.4, -0.2) is 20.2 Å². The van der Waals surface area contributed by atoms with Crippen molar-refractivity contribution >= 4 is 28.5 Å². The molecule has 0 bridgehead atoms. The molecule has 2 heterocycles. The number of nitrogen functional groups attached to an aromatic ring is 1. The van der Waals surface area contributed by atoms with Gasteiger partial charge in [0.25, 0.3) is 0 Å². The minimum Gasteiger partial charge on any atom is -0.399 e. The monoisotopic (exact) mass is 324 g/mol. The van der Waals surface area contributed by atoms with Gasteiger partial charge in [0.05, 0.1) is 5.39 Å². The highest BCUT2D eigenvalue weighted by Crippen LogP contribution is 2.36. The second-order valence-electron chi connectivity index (χ2n) is 6.13. The highest BCUT2D eigenvalue weighted by molar-refractivity contribution is 8.00. The van der Waals surface area contributed by atoms with Crippen LogP contribution >= 0.6 is 11.8 Å². The molecule has 3 aromatic rings. The molecule has 4 nitrogen and oxygen atoms in total. The minimum atomic E-state index is 0.688. The topological polar surface area (TPSA) is 67.6 Å². The van der Waals surface area contributed by atoms with Crippen LogP contribution in [0.4, 0.5) is 5.69 Å². The molecule has 1 fully saturated rings. The number of hydrogen-bond acceptors (Lipinski definition) is 4. The van der Waals surface area contributed by atoms with Crippen LogP contribution in [-0.2, 0) is 0 Å². The van der Waals surface area contributed by atoms with Crippen molar-refractivity contribution in [1.29, 1.82) is 0 Å². The predicted octanol–water partition coefficient (Wildman–Crippen LogP) is 4.63. The van der Waals surface area contributed by atoms with Gasteiger partial charge >= 0.3 is 0 Å². The number of anilines is 1. The Hall–Kier alpha value is -2.01. The van der Waals surface area contributed by atoms with Crippen molar-refractivity contribution in [2.75, 3.05) is 5.73 Å². The molecule has 0 amide bonds. The van der Waals surface area contributed by atoms with Gasteiger partial charge in [-0.15, -0.1) is 11.8 Å². The van der Waals surface area contributed by atoms with E-state index in [-0.39, 0.29) is 0 Å². The molecular weight excluding hydrogens is 304 g/mol. The van der Waals surface area contributed by atoms with Crippen LogP contribution in [0.25, 0.3) is 22.3 Å². The number of thioether (sulfide) groups is 1. The van der Waals surface area contributed by atoms with Crippen molar-refractivity contribution < 1.29 is 0 Å². The summed E-state index contributed by atoms with van der Waals surface area (Å²) in [6.45, 7) is 0. The van der Waals surface area contributed by atoms with E-state index in [0.717, 1.165) is 33.0 Å². The van der Waals surface area contributed by atoms with Crippen molar-refractivity contribution in [1.82, 2.24) is 15.0 Å². The molecule has 5 heteroatoms. The van der Waals surface area contributed by atoms with Crippen molar-refractivity contribution in [3.05, 3.63) is 36.7 Å². The number of rotatable bonds is 3. The Morgan fingerprint density at radius 2 is 1.96 bits per heavy atom. The average Bonchev–Trinajstić information content (AvgIpc) is 3.01. The summed E-state index contributed by atoms with van der Waals surface area (Å²) in [5.41, 5.74) is 9.68. The van der Waals surface area contributed by atoms with E-state index in [2.05, 4.69) is 27.1 Å². The zero-order valence-electron chi connectivity index (χ0n) is 13.0. The number of H-pyrrole nitrogens is 1. The molecule has 0 saturated heterocycles. The Balaban J connectivity index is 1.69. The van der Waals surface area contributed by atoms with E-state index < -0.39 is 0 Å². The van der Waals surface area contributed by atoms with Gasteiger partial charge in [-0.05, 0) is 31.0 Å². The maximum Gasteiger partial charge on any atom is 0.142 e. The third-order valence-corrected chi connectivity index (χ3v) is 5.77. The number of nitrogens with one attached hydrogen (secondary N) is 1. The molecule has 2 aromatic heterocycles. The van der Waals surface area contributed by atoms with E-state index in [1.54, 1.807) is 6.33 Å². The highest BCUT2D eigenvalue weighted by atomic mass is 32.2. The summed E-state index contributed by atoms with van der Waals surface area (Å²) in [5.74, 6) is 0. The Kier molecular flexibility index (Phi) is 3.95. The van der Waals surface area contributed by atoms with Crippen LogP contribution in [0.2, 0.25) is 0 Å². The molecule has 0 spiro atoms. The van der Waals surface area contributed by atoms with Crippen molar-refractivity contribution in [2.24, 2.45) is 0 Å². The van der Waals surface area contributed by atoms with Crippen LogP contribution in [0.3, 0.4) is 0 Å². The number of nitrogens with two attached hydrogens (primary N) is 1. The Morgan fingerprint density at radius 1 is 1.09 bits per heavy atom. The molecule has 1 aromatic carbocycles. The van der Waals surface area contributed by atoms with Gasteiger partial charge in [-0.2, -0.15) is 0 Å². The zero-order chi connectivity index (χ0) is 15.6. The Bertz CT molecular complexity index is 821. The summed E-state index contributed by atoms with van der Waals surface area (Å²) in [4.78, 5) is 12.3. The minimum absolute atomic E-state index is 0.688. The lowest BCUT2D eigenvalue weighted by molar-refractivity contribution is 0.516. The van der Waals surface area contributed by atoms with Crippen LogP contribution in [0.15, 0.2) is 41.7 Å². The summed E-state index contributed by atoms with van der Waals surface area (Å²) >= 11 is 1.91. The Labute approximate surface area is 139 Å². The lowest BCUT2D eigenvalue weighted by atomic mass is 10.0. The molecule has 1 saturated carbocycles. The lowest BCUT2D eigenvalue weighted by Gasteiger charge is -2.20. The smallest absolute Gasteiger partial charge is 0.142 e. The van der Waals surface area contributed by atoms with Crippen LogP contribution in [0.1, 0.15) is 32.1 Å². The van der Waals surface area contributed by atoms with E-state index in [0.29, 0.717) is 5.25 Å². The maximum atomic E-state index is 5.90. The molecule has 1 aliphatic carbocycles. The second kappa shape index (κ2) is 6.24. The number of benzene rings is 1. The molecule has 0 radical (unpaired) electrons. The molecule has 1 aliphatic rings. The third-order valence-electron chi connectivity index (χ3n) is 4.42. The summed E-state index contributed by atoms with van der Waals surface area (Å²) in [6, 6.07) is 10.1. The fraction of sp³-hybridized carbons (Fsp3) is 0.333. The average molecular weight is 324 g/mol. The van der Waals surface area contributed by atoms with Crippen molar-refractivity contribution in [3.8, 4) is 11.3 Å². The molecular formula is C18H20N4S. The fourth-order valence-corrected chi connectivity index (χ4v) is 4.49. The molecule has 3 N–H and O–H groups in total. The van der Waals surface area contributed by atoms with E-state index in [9.17, 15) is 0 Å². The molecule has 118 valence electrons. The summed E-state index contributed by atoms with van der Waals surface area (Å²) < 4.78 is 0. The van der Waals surface area contributed by atoms with Gasteiger partial charge in [0.2, 0.25) is 0 Å². The number of nitrogens with zero attached hydrogens (tertiary/aromatic N) is 2. The van der Waals surface area contributed by atoms with Crippen LogP contribution < -0.4 is 5.73 Å². The van der Waals surface area contributed by atoms with Crippen LogP contribution in [0.5, 0.6) is 0 Å². The largest absolute Gasteiger partial charge is 0.399 e. The maximum absolute atomic E-state index is 5.90. The third kappa shape index (κ3) is 3.06. The van der Waals surface area contributed by atoms with Crippen molar-refractivity contribution in [3.63, 3.8) is 0 Å². The fourth-order valence-electron chi connectivity index (χ4n) is 3.21. The van der Waals surface area contributed by atoms with Gasteiger partial charge in [0.15, 0.2) is 0 Å². The standard InChI is InChI=1S/C18H20N4S/c19-13-6-4-5-12(9-13)16-10-15-17(22-16)20-11-21-18(15)23-14-7-2-1-3-8-14/h4-6,9-11,14H,1-3,7-8,19H2,(H,20,21,22). The molecule has 0 aliphatic heterocycles. The quantitative estimate of drug-likeness (QED) is 0.544. The lowest BCUT2D eigenvalue weighted by Crippen LogP contribution is -2.08. The van der Waals surface area contributed by atoms with Crippen molar-refractivity contribution in [2.45, 2.75) is 42.4 Å². The van der Waals surface area contributed by atoms with Gasteiger partial charge in [-0.25, -0.2) is 9.97 Å². The summed E-state index contributed by atoms with van der Waals surface area (Å²) in [6.07, 6.45) is 8.31. The predicted molar refractivity (Wildman–Crippen MR) is 96.5 cm³/mol. The number of aromatic amines is 1. The first-order valence-corrected chi connectivity index (χ1v) is 9.04. The van der Waals surface area contributed by atoms with E-state index in [1.165, 1.54) is 32.1 Å². The number of fused-ring (bicyclic) bond motifs is 1. The van der Waals surface area contributed by atoms with Gasteiger partial charge in [0.1, 0.15) is 17.0 Å². The molecule has 4 rings (SSSR count). The molecule has 23 heavy (non-hydrogen) atoms. The van der Waals surface area contributed by atoms with E-state index >= 15 is 0 Å². The first-order chi connectivity index (χ1) is 11.3. The summed E-state index contributed by atoms with van der Waals surface area (Å²) in [5, 5.41) is 2.89. The number of aromatic nitrogens is 3. The van der Waals surface area contributed by atoms with Gasteiger partial charge < -0.3 is 10.7 Å². The van der Waals surface area contributed by atoms with Gasteiger partial charge in [-0.3, -0.25) is 0 Å². The first-order valence-electron chi connectivity index (χ1n) is 8.16. The highest BCUT2D eigenvalue weighted by Gasteiger charge is 2.18. The number of hydrogen-bond donors (Lipinski definition) is 2. The Morgan fingerprint density at radius 3 is 2.78 bits per heavy atom. The van der Waals surface area contributed by atoms with E-state index in [1.807, 2.05) is 30.0 Å². The normalized spacial score (nSPS) is 16.0. The van der Waals surface area contributed by atoms with Crippen LogP contribution in [0, 0.1) is 0 Å². The molecule has 0 atom stereocenters. The SMILES string of the molecule is Nc1cccc(-c2cc3c(SC4CCCCC4)ncnc3[nH]2)c1. The first kappa shape index (κ1) is 14.6. The zero-order valence-corrected chi connectivity index (χ0v) is 13.8. The van der Waals surface area contributed by atoms with Gasteiger partial charge in [-0.1, -0.05) is 31.4 Å². The van der Waals surface area contributed by atoms with E-state index in [4.69, 9.17) is 5.73 Å². The second-order valence-corrected chi connectivity index (χ2v) is 7.42. The van der Waals surface area contributed by atoms with Gasteiger partial charge in [0, 0.05) is 22.2 Å².